The Morgan fingerprint density at radius 3 is 3.13 bits per heavy atom. The van der Waals surface area contributed by atoms with Crippen LogP contribution in [0.2, 0.25) is 0 Å². The van der Waals surface area contributed by atoms with Crippen LogP contribution in [0.4, 0.5) is 11.4 Å². The minimum atomic E-state index is -0.417. The average Bonchev–Trinajstić information content (AvgIpc) is 2.27. The fraction of sp³-hybridized carbons (Fsp3) is 0.400. The molecule has 1 atom stereocenters. The third-order valence-corrected chi connectivity index (χ3v) is 2.45. The van der Waals surface area contributed by atoms with E-state index in [4.69, 9.17) is 4.74 Å². The fourth-order valence-electron chi connectivity index (χ4n) is 1.54. The van der Waals surface area contributed by atoms with Gasteiger partial charge in [-0.25, -0.2) is 0 Å². The monoisotopic (exact) mass is 208 g/mol. The Labute approximate surface area is 87.2 Å². The van der Waals surface area contributed by atoms with Gasteiger partial charge in [0, 0.05) is 6.07 Å². The smallest absolute Gasteiger partial charge is 0.273 e. The van der Waals surface area contributed by atoms with Crippen molar-refractivity contribution < 1.29 is 9.66 Å². The van der Waals surface area contributed by atoms with Crippen molar-refractivity contribution in [3.05, 3.63) is 28.3 Å². The van der Waals surface area contributed by atoms with E-state index in [0.717, 1.165) is 18.7 Å². The Hall–Kier alpha value is -1.78. The van der Waals surface area contributed by atoms with Gasteiger partial charge < -0.3 is 10.1 Å². The zero-order valence-electron chi connectivity index (χ0n) is 8.40. The van der Waals surface area contributed by atoms with Crippen LogP contribution in [0.25, 0.3) is 0 Å². The van der Waals surface area contributed by atoms with Crippen LogP contribution in [-0.4, -0.2) is 17.6 Å². The number of hydrogen-bond donors (Lipinski definition) is 1. The number of fused-ring (bicyclic) bond motifs is 1. The molecule has 1 aromatic rings. The molecule has 80 valence electrons. The van der Waals surface area contributed by atoms with Crippen molar-refractivity contribution in [2.24, 2.45) is 0 Å². The predicted molar refractivity (Wildman–Crippen MR) is 56.3 cm³/mol. The number of nitro groups is 1. The van der Waals surface area contributed by atoms with Crippen molar-refractivity contribution >= 4 is 11.4 Å². The normalized spacial score (nSPS) is 18.6. The minimum absolute atomic E-state index is 0.0623. The molecule has 0 aliphatic carbocycles. The number of nitrogens with zero attached hydrogens (tertiary/aromatic N) is 1. The maximum absolute atomic E-state index is 10.6. The highest BCUT2D eigenvalue weighted by atomic mass is 16.6. The predicted octanol–water partition coefficient (Wildman–Crippen LogP) is 2.18. The maximum Gasteiger partial charge on any atom is 0.273 e. The first-order valence-electron chi connectivity index (χ1n) is 4.89. The number of ether oxygens (including phenoxy) is 1. The molecule has 0 fully saturated rings. The van der Waals surface area contributed by atoms with E-state index in [-0.39, 0.29) is 11.8 Å². The highest BCUT2D eigenvalue weighted by Crippen LogP contribution is 2.32. The number of nitrogens with one attached hydrogen (secondary N) is 1. The lowest BCUT2D eigenvalue weighted by Crippen LogP contribution is -2.29. The van der Waals surface area contributed by atoms with E-state index < -0.39 is 4.92 Å². The summed E-state index contributed by atoms with van der Waals surface area (Å²) < 4.78 is 5.60. The number of benzene rings is 1. The summed E-state index contributed by atoms with van der Waals surface area (Å²) in [6, 6.07) is 4.62. The molecule has 1 aliphatic heterocycles. The topological polar surface area (TPSA) is 64.4 Å². The number of hydrogen-bond acceptors (Lipinski definition) is 4. The fourth-order valence-corrected chi connectivity index (χ4v) is 1.54. The molecule has 0 saturated heterocycles. The Morgan fingerprint density at radius 1 is 1.67 bits per heavy atom. The van der Waals surface area contributed by atoms with E-state index in [1.54, 1.807) is 6.07 Å². The second-order valence-electron chi connectivity index (χ2n) is 3.47. The zero-order valence-corrected chi connectivity index (χ0v) is 8.40. The van der Waals surface area contributed by atoms with Crippen LogP contribution in [0.5, 0.6) is 5.75 Å². The van der Waals surface area contributed by atoms with Gasteiger partial charge in [-0.1, -0.05) is 6.92 Å². The Bertz CT molecular complexity index is 392. The standard InChI is InChI=1S/C10H12N2O3/c1-2-8-6-11-9-4-3-7(12(13)14)5-10(9)15-8/h3-5,8,11H,2,6H2,1H3. The van der Waals surface area contributed by atoms with Gasteiger partial charge in [0.25, 0.3) is 5.69 Å². The second-order valence-corrected chi connectivity index (χ2v) is 3.47. The molecule has 0 saturated carbocycles. The van der Waals surface area contributed by atoms with Crippen LogP contribution >= 0.6 is 0 Å². The molecular weight excluding hydrogens is 196 g/mol. The molecule has 1 aliphatic rings. The summed E-state index contributed by atoms with van der Waals surface area (Å²) in [6.07, 6.45) is 0.981. The molecule has 5 nitrogen and oxygen atoms in total. The number of anilines is 1. The first kappa shape index (κ1) is 9.76. The molecule has 0 radical (unpaired) electrons. The Morgan fingerprint density at radius 2 is 2.47 bits per heavy atom. The molecule has 1 heterocycles. The highest BCUT2D eigenvalue weighted by molar-refractivity contribution is 5.62. The van der Waals surface area contributed by atoms with Crippen molar-refractivity contribution in [2.45, 2.75) is 19.4 Å². The van der Waals surface area contributed by atoms with Gasteiger partial charge in [-0.05, 0) is 12.5 Å². The number of non-ortho nitro benzene ring substituents is 1. The van der Waals surface area contributed by atoms with E-state index in [2.05, 4.69) is 5.32 Å². The molecule has 0 aromatic heterocycles. The van der Waals surface area contributed by atoms with Crippen molar-refractivity contribution in [2.75, 3.05) is 11.9 Å². The first-order chi connectivity index (χ1) is 7.20. The van der Waals surface area contributed by atoms with E-state index >= 15 is 0 Å². The summed E-state index contributed by atoms with van der Waals surface area (Å²) in [5.74, 6) is 0.572. The lowest BCUT2D eigenvalue weighted by Gasteiger charge is -2.26. The lowest BCUT2D eigenvalue weighted by atomic mass is 10.2. The van der Waals surface area contributed by atoms with Crippen molar-refractivity contribution in [1.82, 2.24) is 0 Å². The van der Waals surface area contributed by atoms with Gasteiger partial charge >= 0.3 is 0 Å². The Balaban J connectivity index is 2.30. The molecule has 0 amide bonds. The zero-order chi connectivity index (χ0) is 10.8. The van der Waals surface area contributed by atoms with Crippen LogP contribution in [0.3, 0.4) is 0 Å². The number of rotatable bonds is 2. The van der Waals surface area contributed by atoms with E-state index in [1.807, 2.05) is 6.92 Å². The maximum atomic E-state index is 10.6. The lowest BCUT2D eigenvalue weighted by molar-refractivity contribution is -0.384. The highest BCUT2D eigenvalue weighted by Gasteiger charge is 2.20. The minimum Gasteiger partial charge on any atom is -0.486 e. The van der Waals surface area contributed by atoms with Gasteiger partial charge in [-0.2, -0.15) is 0 Å². The summed E-state index contributed by atoms with van der Waals surface area (Å²) in [5, 5.41) is 13.7. The van der Waals surface area contributed by atoms with Crippen molar-refractivity contribution in [3.63, 3.8) is 0 Å². The summed E-state index contributed by atoms with van der Waals surface area (Å²) in [6.45, 7) is 2.77. The summed E-state index contributed by atoms with van der Waals surface area (Å²) >= 11 is 0. The largest absolute Gasteiger partial charge is 0.486 e. The molecule has 0 spiro atoms. The third-order valence-electron chi connectivity index (χ3n) is 2.45. The Kier molecular flexibility index (Phi) is 2.45. The summed E-state index contributed by atoms with van der Waals surface area (Å²) in [4.78, 5) is 10.1. The van der Waals surface area contributed by atoms with Gasteiger partial charge in [0.05, 0.1) is 23.2 Å². The molecule has 1 N–H and O–H groups in total. The van der Waals surface area contributed by atoms with Gasteiger partial charge in [-0.15, -0.1) is 0 Å². The molecule has 1 aromatic carbocycles. The summed E-state index contributed by atoms with van der Waals surface area (Å²) in [7, 11) is 0. The van der Waals surface area contributed by atoms with Crippen LogP contribution in [0.15, 0.2) is 18.2 Å². The average molecular weight is 208 g/mol. The molecule has 5 heteroatoms. The van der Waals surface area contributed by atoms with Gasteiger partial charge in [-0.3, -0.25) is 10.1 Å². The van der Waals surface area contributed by atoms with Crippen LogP contribution in [0, 0.1) is 10.1 Å². The van der Waals surface area contributed by atoms with Crippen molar-refractivity contribution in [3.8, 4) is 5.75 Å². The van der Waals surface area contributed by atoms with Crippen LogP contribution < -0.4 is 10.1 Å². The van der Waals surface area contributed by atoms with Crippen LogP contribution in [-0.2, 0) is 0 Å². The molecule has 0 bridgehead atoms. The van der Waals surface area contributed by atoms with E-state index in [9.17, 15) is 10.1 Å². The summed E-state index contributed by atoms with van der Waals surface area (Å²) in [5.41, 5.74) is 0.887. The van der Waals surface area contributed by atoms with Gasteiger partial charge in [0.1, 0.15) is 11.9 Å². The van der Waals surface area contributed by atoms with E-state index in [1.165, 1.54) is 12.1 Å². The van der Waals surface area contributed by atoms with Gasteiger partial charge in [0.15, 0.2) is 0 Å². The van der Waals surface area contributed by atoms with Gasteiger partial charge in [0.2, 0.25) is 0 Å². The van der Waals surface area contributed by atoms with Crippen LogP contribution in [0.1, 0.15) is 13.3 Å². The first-order valence-corrected chi connectivity index (χ1v) is 4.89. The number of nitro benzene ring substituents is 1. The van der Waals surface area contributed by atoms with E-state index in [0.29, 0.717) is 5.75 Å². The second kappa shape index (κ2) is 3.76. The SMILES string of the molecule is CCC1CNc2ccc([N+](=O)[O-])cc2O1. The molecule has 2 rings (SSSR count). The quantitative estimate of drug-likeness (QED) is 0.597. The molecule has 1 unspecified atom stereocenters. The molecule has 15 heavy (non-hydrogen) atoms. The van der Waals surface area contributed by atoms with Crippen molar-refractivity contribution in [1.29, 1.82) is 0 Å². The third kappa shape index (κ3) is 1.86. The molecular formula is C10H12N2O3.